The van der Waals surface area contributed by atoms with Crippen molar-refractivity contribution in [3.63, 3.8) is 0 Å². The normalized spacial score (nSPS) is 24.7. The van der Waals surface area contributed by atoms with Gasteiger partial charge < -0.3 is 4.84 Å². The summed E-state index contributed by atoms with van der Waals surface area (Å²) in [6.45, 7) is 3.84. The van der Waals surface area contributed by atoms with Gasteiger partial charge >= 0.3 is 0 Å². The summed E-state index contributed by atoms with van der Waals surface area (Å²) < 4.78 is 2.20. The third-order valence-electron chi connectivity index (χ3n) is 4.99. The molecule has 2 heterocycles. The predicted octanol–water partition coefficient (Wildman–Crippen LogP) is 3.87. The fourth-order valence-corrected chi connectivity index (χ4v) is 3.66. The number of fused-ring (bicyclic) bond motifs is 1. The predicted molar refractivity (Wildman–Crippen MR) is 88.2 cm³/mol. The lowest BCUT2D eigenvalue weighted by Crippen LogP contribution is -2.21. The molecule has 0 saturated heterocycles. The van der Waals surface area contributed by atoms with Gasteiger partial charge in [0.05, 0.1) is 23.0 Å². The number of hydrogen-bond acceptors (Lipinski definition) is 4. The van der Waals surface area contributed by atoms with Crippen molar-refractivity contribution in [3.8, 4) is 6.07 Å². The van der Waals surface area contributed by atoms with E-state index in [0.717, 1.165) is 17.0 Å². The van der Waals surface area contributed by atoms with Gasteiger partial charge in [-0.25, -0.2) is 0 Å². The summed E-state index contributed by atoms with van der Waals surface area (Å²) in [5.41, 5.74) is 3.26. The molecule has 0 bridgehead atoms. The van der Waals surface area contributed by atoms with E-state index in [1.165, 1.54) is 36.6 Å². The largest absolute Gasteiger partial charge is 0.374 e. The minimum absolute atomic E-state index is 0.507. The Labute approximate surface area is 135 Å². The molecule has 0 N–H and O–H groups in total. The molecule has 1 aromatic carbocycles. The van der Waals surface area contributed by atoms with Crippen molar-refractivity contribution in [1.82, 2.24) is 9.78 Å². The average Bonchev–Trinajstić information content (AvgIpc) is 3.27. The molecule has 1 fully saturated rings. The van der Waals surface area contributed by atoms with Crippen LogP contribution in [0.2, 0.25) is 0 Å². The number of rotatable bonds is 2. The minimum atomic E-state index is -0.841. The monoisotopic (exact) mass is 308 g/mol. The molecule has 1 aliphatic carbocycles. The van der Waals surface area contributed by atoms with E-state index in [1.807, 2.05) is 0 Å². The first kappa shape index (κ1) is 14.3. The summed E-state index contributed by atoms with van der Waals surface area (Å²) >= 11 is 0. The number of nitrogens with zero attached hydrogens (tertiary/aromatic N) is 4. The van der Waals surface area contributed by atoms with Crippen molar-refractivity contribution >= 4 is 16.6 Å². The molecule has 5 heteroatoms. The number of aryl methyl sites for hydroxylation is 1. The van der Waals surface area contributed by atoms with Gasteiger partial charge in [0.15, 0.2) is 0 Å². The van der Waals surface area contributed by atoms with E-state index in [2.05, 4.69) is 41.0 Å². The highest BCUT2D eigenvalue weighted by Crippen LogP contribution is 2.34. The SMILES string of the molecule is Cc1nn(C2CCCC2)c2cc(C3=NOC(C)(C#N)C3)ccc12. The van der Waals surface area contributed by atoms with Crippen LogP contribution in [0.4, 0.5) is 0 Å². The molecule has 1 atom stereocenters. The standard InChI is InChI=1S/C18H20N4O/c1-12-15-8-7-13(16-10-18(2,11-19)23-21-16)9-17(15)22(20-12)14-5-3-4-6-14/h7-9,14H,3-6,10H2,1-2H3. The topological polar surface area (TPSA) is 63.2 Å². The summed E-state index contributed by atoms with van der Waals surface area (Å²) in [7, 11) is 0. The Morgan fingerprint density at radius 2 is 2.13 bits per heavy atom. The van der Waals surface area contributed by atoms with Crippen molar-refractivity contribution in [3.05, 3.63) is 29.5 Å². The Morgan fingerprint density at radius 1 is 1.35 bits per heavy atom. The summed E-state index contributed by atoms with van der Waals surface area (Å²) in [6.07, 6.45) is 5.50. The Morgan fingerprint density at radius 3 is 2.83 bits per heavy atom. The van der Waals surface area contributed by atoms with Crippen LogP contribution in [0.3, 0.4) is 0 Å². The first-order valence-electron chi connectivity index (χ1n) is 8.25. The van der Waals surface area contributed by atoms with Crippen LogP contribution in [-0.4, -0.2) is 21.1 Å². The first-order chi connectivity index (χ1) is 11.1. The van der Waals surface area contributed by atoms with Gasteiger partial charge in [-0.2, -0.15) is 10.4 Å². The second kappa shape index (κ2) is 5.09. The first-order valence-corrected chi connectivity index (χ1v) is 8.25. The molecule has 0 amide bonds. The highest BCUT2D eigenvalue weighted by atomic mass is 16.7. The maximum atomic E-state index is 9.19. The van der Waals surface area contributed by atoms with Crippen LogP contribution in [0.5, 0.6) is 0 Å². The summed E-state index contributed by atoms with van der Waals surface area (Å²) in [6, 6.07) is 9.01. The van der Waals surface area contributed by atoms with E-state index in [4.69, 9.17) is 9.94 Å². The fraction of sp³-hybridized carbons (Fsp3) is 0.500. The van der Waals surface area contributed by atoms with Crippen molar-refractivity contribution in [2.24, 2.45) is 5.16 Å². The van der Waals surface area contributed by atoms with Crippen molar-refractivity contribution in [2.45, 2.75) is 57.6 Å². The maximum Gasteiger partial charge on any atom is 0.225 e. The van der Waals surface area contributed by atoms with Crippen molar-refractivity contribution in [2.75, 3.05) is 0 Å². The third kappa shape index (κ3) is 2.29. The van der Waals surface area contributed by atoms with E-state index >= 15 is 0 Å². The summed E-state index contributed by atoms with van der Waals surface area (Å²) in [5, 5.41) is 19.3. The Bertz CT molecular complexity index is 839. The Kier molecular flexibility index (Phi) is 3.15. The van der Waals surface area contributed by atoms with Crippen LogP contribution in [-0.2, 0) is 4.84 Å². The van der Waals surface area contributed by atoms with Gasteiger partial charge in [0.2, 0.25) is 5.60 Å². The Balaban J connectivity index is 1.76. The van der Waals surface area contributed by atoms with Gasteiger partial charge in [-0.15, -0.1) is 0 Å². The summed E-state index contributed by atoms with van der Waals surface area (Å²) in [5.74, 6) is 0. The lowest BCUT2D eigenvalue weighted by atomic mass is 9.96. The second-order valence-corrected chi connectivity index (χ2v) is 6.85. The van der Waals surface area contributed by atoms with Crippen molar-refractivity contribution in [1.29, 1.82) is 5.26 Å². The van der Waals surface area contributed by atoms with Crippen LogP contribution in [0.1, 0.15) is 56.3 Å². The van der Waals surface area contributed by atoms with Crippen LogP contribution in [0.15, 0.2) is 23.4 Å². The number of oxime groups is 1. The van der Waals surface area contributed by atoms with Crippen LogP contribution in [0, 0.1) is 18.3 Å². The van der Waals surface area contributed by atoms with Crippen molar-refractivity contribution < 1.29 is 4.84 Å². The molecular formula is C18H20N4O. The minimum Gasteiger partial charge on any atom is -0.374 e. The number of nitriles is 1. The average molecular weight is 308 g/mol. The molecule has 23 heavy (non-hydrogen) atoms. The molecule has 1 unspecified atom stereocenters. The second-order valence-electron chi connectivity index (χ2n) is 6.85. The smallest absolute Gasteiger partial charge is 0.225 e. The lowest BCUT2D eigenvalue weighted by Gasteiger charge is -2.12. The zero-order valence-electron chi connectivity index (χ0n) is 13.5. The Hall–Kier alpha value is -2.35. The molecule has 1 saturated carbocycles. The van der Waals surface area contributed by atoms with Gasteiger partial charge in [-0.3, -0.25) is 4.68 Å². The van der Waals surface area contributed by atoms with E-state index < -0.39 is 5.60 Å². The molecule has 4 rings (SSSR count). The quantitative estimate of drug-likeness (QED) is 0.846. The van der Waals surface area contributed by atoms with E-state index in [1.54, 1.807) is 6.92 Å². The molecule has 1 aliphatic heterocycles. The van der Waals surface area contributed by atoms with Gasteiger partial charge in [0, 0.05) is 17.4 Å². The maximum absolute atomic E-state index is 9.19. The number of benzene rings is 1. The highest BCUT2D eigenvalue weighted by Gasteiger charge is 2.35. The van der Waals surface area contributed by atoms with Crippen LogP contribution >= 0.6 is 0 Å². The fourth-order valence-electron chi connectivity index (χ4n) is 3.66. The highest BCUT2D eigenvalue weighted by molar-refractivity contribution is 6.04. The molecule has 5 nitrogen and oxygen atoms in total. The zero-order valence-corrected chi connectivity index (χ0v) is 13.5. The van der Waals surface area contributed by atoms with E-state index in [0.29, 0.717) is 12.5 Å². The molecule has 2 aliphatic rings. The van der Waals surface area contributed by atoms with Crippen LogP contribution < -0.4 is 0 Å². The molecule has 0 radical (unpaired) electrons. The zero-order chi connectivity index (χ0) is 16.0. The van der Waals surface area contributed by atoms with Crippen LogP contribution in [0.25, 0.3) is 10.9 Å². The molecule has 2 aromatic rings. The van der Waals surface area contributed by atoms with Gasteiger partial charge in [0.1, 0.15) is 6.07 Å². The summed E-state index contributed by atoms with van der Waals surface area (Å²) in [4.78, 5) is 5.31. The lowest BCUT2D eigenvalue weighted by molar-refractivity contribution is 0.0425. The molecule has 0 spiro atoms. The van der Waals surface area contributed by atoms with Gasteiger partial charge in [0.25, 0.3) is 0 Å². The molecule has 1 aromatic heterocycles. The van der Waals surface area contributed by atoms with E-state index in [-0.39, 0.29) is 0 Å². The molecule has 118 valence electrons. The third-order valence-corrected chi connectivity index (χ3v) is 4.99. The number of hydrogen-bond donors (Lipinski definition) is 0. The molecular weight excluding hydrogens is 288 g/mol. The van der Waals surface area contributed by atoms with E-state index in [9.17, 15) is 5.26 Å². The van der Waals surface area contributed by atoms with Gasteiger partial charge in [-0.05, 0) is 32.8 Å². The number of aromatic nitrogens is 2. The van der Waals surface area contributed by atoms with Gasteiger partial charge in [-0.1, -0.05) is 30.1 Å².